The molecule has 2 heterocycles. The van der Waals surface area contributed by atoms with E-state index in [1.165, 1.54) is 0 Å². The summed E-state index contributed by atoms with van der Waals surface area (Å²) in [6.07, 6.45) is 2.86. The lowest BCUT2D eigenvalue weighted by atomic mass is 9.93. The van der Waals surface area contributed by atoms with Crippen LogP contribution >= 0.6 is 0 Å². The third-order valence-corrected chi connectivity index (χ3v) is 5.98. The normalized spacial score (nSPS) is 15.3. The number of rotatable bonds is 8. The summed E-state index contributed by atoms with van der Waals surface area (Å²) in [5.74, 6) is 0.950. The van der Waals surface area contributed by atoms with Crippen molar-refractivity contribution in [3.05, 3.63) is 64.3 Å². The van der Waals surface area contributed by atoms with E-state index in [1.54, 1.807) is 6.07 Å². The zero-order valence-corrected chi connectivity index (χ0v) is 19.2. The lowest BCUT2D eigenvalue weighted by molar-refractivity contribution is 0.0741. The standard InChI is InChI=1S/C26H31N3O3/c1-5-7-12-29-25(18-8-10-19(11-9-18)32-13-6-2)22-23(27-28-24(22)26(29)31)21-17(4)14-16(3)15-20(21)30/h8-11,14-15,25,30H,5-7,12-13H2,1-4H3,(H,27,28). The molecule has 0 saturated carbocycles. The van der Waals surface area contributed by atoms with Crippen LogP contribution in [-0.4, -0.2) is 39.3 Å². The van der Waals surface area contributed by atoms with E-state index in [2.05, 4.69) is 24.0 Å². The van der Waals surface area contributed by atoms with Crippen LogP contribution < -0.4 is 4.74 Å². The van der Waals surface area contributed by atoms with Gasteiger partial charge >= 0.3 is 0 Å². The molecule has 168 valence electrons. The summed E-state index contributed by atoms with van der Waals surface area (Å²) < 4.78 is 5.74. The van der Waals surface area contributed by atoms with Crippen LogP contribution in [0.4, 0.5) is 0 Å². The van der Waals surface area contributed by atoms with Crippen molar-refractivity contribution in [2.45, 2.75) is 53.0 Å². The van der Waals surface area contributed by atoms with Gasteiger partial charge in [-0.15, -0.1) is 0 Å². The molecule has 1 atom stereocenters. The lowest BCUT2D eigenvalue weighted by Crippen LogP contribution is -2.30. The Hall–Kier alpha value is -3.28. The van der Waals surface area contributed by atoms with Gasteiger partial charge in [0.2, 0.25) is 0 Å². The summed E-state index contributed by atoms with van der Waals surface area (Å²) in [5.41, 5.74) is 5.56. The van der Waals surface area contributed by atoms with E-state index in [4.69, 9.17) is 4.74 Å². The number of aromatic hydroxyl groups is 1. The molecule has 3 aromatic rings. The fraction of sp³-hybridized carbons (Fsp3) is 0.385. The summed E-state index contributed by atoms with van der Waals surface area (Å²) in [6, 6.07) is 11.5. The zero-order valence-electron chi connectivity index (χ0n) is 19.2. The third kappa shape index (κ3) is 3.85. The van der Waals surface area contributed by atoms with Crippen molar-refractivity contribution >= 4 is 5.91 Å². The van der Waals surface area contributed by atoms with Crippen LogP contribution in [0.2, 0.25) is 0 Å². The molecule has 6 heteroatoms. The Bertz CT molecular complexity index is 1090. The van der Waals surface area contributed by atoms with Crippen LogP contribution in [0.15, 0.2) is 36.4 Å². The van der Waals surface area contributed by atoms with Crippen molar-refractivity contribution in [2.24, 2.45) is 0 Å². The first-order chi connectivity index (χ1) is 15.5. The largest absolute Gasteiger partial charge is 0.507 e. The van der Waals surface area contributed by atoms with Crippen molar-refractivity contribution in [1.29, 1.82) is 0 Å². The second-order valence-electron chi connectivity index (χ2n) is 8.51. The average Bonchev–Trinajstić information content (AvgIpc) is 3.29. The van der Waals surface area contributed by atoms with E-state index in [-0.39, 0.29) is 17.7 Å². The zero-order chi connectivity index (χ0) is 22.8. The van der Waals surface area contributed by atoms with Gasteiger partial charge in [0.1, 0.15) is 22.9 Å². The van der Waals surface area contributed by atoms with E-state index in [0.717, 1.165) is 47.3 Å². The van der Waals surface area contributed by atoms with E-state index in [0.29, 0.717) is 30.1 Å². The predicted molar refractivity (Wildman–Crippen MR) is 125 cm³/mol. The molecular formula is C26H31N3O3. The molecule has 1 unspecified atom stereocenters. The molecule has 0 saturated heterocycles. The van der Waals surface area contributed by atoms with Gasteiger partial charge in [-0.25, -0.2) is 0 Å². The summed E-state index contributed by atoms with van der Waals surface area (Å²) in [4.78, 5) is 15.2. The van der Waals surface area contributed by atoms with Crippen LogP contribution in [0.1, 0.15) is 71.9 Å². The number of hydrogen-bond acceptors (Lipinski definition) is 4. The van der Waals surface area contributed by atoms with Crippen molar-refractivity contribution in [1.82, 2.24) is 15.1 Å². The van der Waals surface area contributed by atoms with Crippen molar-refractivity contribution < 1.29 is 14.6 Å². The second kappa shape index (κ2) is 9.07. The summed E-state index contributed by atoms with van der Waals surface area (Å²) >= 11 is 0. The van der Waals surface area contributed by atoms with Gasteiger partial charge in [0.05, 0.1) is 12.6 Å². The first kappa shape index (κ1) is 21.9. The smallest absolute Gasteiger partial charge is 0.273 e. The number of nitrogens with zero attached hydrogens (tertiary/aromatic N) is 2. The van der Waals surface area contributed by atoms with Crippen LogP contribution in [-0.2, 0) is 0 Å². The molecule has 1 aliphatic rings. The highest BCUT2D eigenvalue weighted by Gasteiger charge is 2.42. The molecule has 6 nitrogen and oxygen atoms in total. The number of aryl methyl sites for hydroxylation is 2. The molecule has 2 aromatic carbocycles. The van der Waals surface area contributed by atoms with E-state index in [1.807, 2.05) is 49.1 Å². The minimum Gasteiger partial charge on any atom is -0.507 e. The van der Waals surface area contributed by atoms with Gasteiger partial charge < -0.3 is 14.7 Å². The monoisotopic (exact) mass is 433 g/mol. The summed E-state index contributed by atoms with van der Waals surface area (Å²) in [7, 11) is 0. The molecule has 0 radical (unpaired) electrons. The minimum atomic E-state index is -0.266. The topological polar surface area (TPSA) is 78.5 Å². The molecule has 0 bridgehead atoms. The molecule has 0 aliphatic carbocycles. The van der Waals surface area contributed by atoms with E-state index >= 15 is 0 Å². The molecule has 4 rings (SSSR count). The van der Waals surface area contributed by atoms with Gasteiger partial charge in [0, 0.05) is 17.7 Å². The van der Waals surface area contributed by atoms with Crippen molar-refractivity contribution in [3.8, 4) is 22.8 Å². The van der Waals surface area contributed by atoms with Crippen LogP contribution in [0.25, 0.3) is 11.3 Å². The number of nitrogens with one attached hydrogen (secondary N) is 1. The first-order valence-corrected chi connectivity index (χ1v) is 11.4. The number of ether oxygens (including phenoxy) is 1. The SMILES string of the molecule is CCCCN1C(=O)c2[nH]nc(-c3c(C)cc(C)cc3O)c2C1c1ccc(OCCC)cc1. The van der Waals surface area contributed by atoms with Crippen LogP contribution in [0.5, 0.6) is 11.5 Å². The lowest BCUT2D eigenvalue weighted by Gasteiger charge is -2.26. The summed E-state index contributed by atoms with van der Waals surface area (Å²) in [5, 5.41) is 18.2. The Morgan fingerprint density at radius 1 is 1.12 bits per heavy atom. The predicted octanol–water partition coefficient (Wildman–Crippen LogP) is 5.53. The average molecular weight is 434 g/mol. The first-order valence-electron chi connectivity index (χ1n) is 11.4. The number of aromatic nitrogens is 2. The molecule has 1 amide bonds. The highest BCUT2D eigenvalue weighted by atomic mass is 16.5. The number of amides is 1. The fourth-order valence-electron chi connectivity index (χ4n) is 4.51. The molecule has 1 aliphatic heterocycles. The number of unbranched alkanes of at least 4 members (excludes halogenated alkanes) is 1. The number of hydrogen-bond donors (Lipinski definition) is 2. The highest BCUT2D eigenvalue weighted by molar-refractivity contribution is 6.00. The van der Waals surface area contributed by atoms with Crippen LogP contribution in [0, 0.1) is 13.8 Å². The van der Waals surface area contributed by atoms with Gasteiger partial charge in [-0.2, -0.15) is 5.10 Å². The molecule has 32 heavy (non-hydrogen) atoms. The number of H-pyrrole nitrogens is 1. The van der Waals surface area contributed by atoms with Gasteiger partial charge in [-0.3, -0.25) is 9.89 Å². The number of carbonyl (C=O) groups is 1. The second-order valence-corrected chi connectivity index (χ2v) is 8.51. The quantitative estimate of drug-likeness (QED) is 0.489. The fourth-order valence-corrected chi connectivity index (χ4v) is 4.51. The Morgan fingerprint density at radius 2 is 1.88 bits per heavy atom. The molecule has 1 aromatic heterocycles. The van der Waals surface area contributed by atoms with E-state index < -0.39 is 0 Å². The maximum Gasteiger partial charge on any atom is 0.273 e. The van der Waals surface area contributed by atoms with Gasteiger partial charge in [-0.1, -0.05) is 38.5 Å². The number of benzene rings is 2. The number of aromatic amines is 1. The Labute approximate surface area is 189 Å². The molecule has 2 N–H and O–H groups in total. The molecule has 0 fully saturated rings. The maximum absolute atomic E-state index is 13.3. The number of fused-ring (bicyclic) bond motifs is 1. The molecular weight excluding hydrogens is 402 g/mol. The van der Waals surface area contributed by atoms with E-state index in [9.17, 15) is 9.90 Å². The Morgan fingerprint density at radius 3 is 2.53 bits per heavy atom. The van der Waals surface area contributed by atoms with Crippen LogP contribution in [0.3, 0.4) is 0 Å². The number of carbonyl (C=O) groups excluding carboxylic acids is 1. The maximum atomic E-state index is 13.3. The molecule has 0 spiro atoms. The number of phenolic OH excluding ortho intramolecular Hbond substituents is 1. The van der Waals surface area contributed by atoms with Gasteiger partial charge in [0.15, 0.2) is 0 Å². The van der Waals surface area contributed by atoms with Gasteiger partial charge in [-0.05, 0) is 61.6 Å². The summed E-state index contributed by atoms with van der Waals surface area (Å²) in [6.45, 7) is 9.45. The highest BCUT2D eigenvalue weighted by Crippen LogP contribution is 2.45. The Kier molecular flexibility index (Phi) is 6.21. The third-order valence-electron chi connectivity index (χ3n) is 5.98. The minimum absolute atomic E-state index is 0.0484. The van der Waals surface area contributed by atoms with Crippen molar-refractivity contribution in [3.63, 3.8) is 0 Å². The Balaban J connectivity index is 1.82. The van der Waals surface area contributed by atoms with Crippen molar-refractivity contribution in [2.75, 3.05) is 13.2 Å². The van der Waals surface area contributed by atoms with Gasteiger partial charge in [0.25, 0.3) is 5.91 Å². The number of phenols is 1.